The summed E-state index contributed by atoms with van der Waals surface area (Å²) < 4.78 is 10.7. The monoisotopic (exact) mass is 369 g/mol. The van der Waals surface area contributed by atoms with Crippen LogP contribution in [0.2, 0.25) is 0 Å². The van der Waals surface area contributed by atoms with Gasteiger partial charge in [-0.05, 0) is 48.1 Å². The minimum absolute atomic E-state index is 0.328. The number of hydrogen-bond acceptors (Lipinski definition) is 5. The number of hydrazone groups is 1. The number of thiocarbonyl (C=S) groups is 1. The van der Waals surface area contributed by atoms with Crippen LogP contribution >= 0.6 is 12.2 Å². The van der Waals surface area contributed by atoms with E-state index < -0.39 is 5.97 Å². The van der Waals surface area contributed by atoms with Gasteiger partial charge in [0.15, 0.2) is 16.6 Å². The number of nitrogens with zero attached hydrogens (tertiary/aromatic N) is 1. The highest BCUT2D eigenvalue weighted by molar-refractivity contribution is 7.80. The zero-order valence-corrected chi connectivity index (χ0v) is 15.1. The average Bonchev–Trinajstić information content (AvgIpc) is 2.68. The summed E-state index contributed by atoms with van der Waals surface area (Å²) >= 11 is 5.03. The Balaban J connectivity index is 2.03. The zero-order chi connectivity index (χ0) is 18.8. The fourth-order valence-electron chi connectivity index (χ4n) is 1.95. The standard InChI is InChI=1S/C19H19N3O3S/c1-3-11-20-19(26)22-21-13-14-9-10-16(17(12-14)24-2)25-18(23)15-7-5-4-6-8-15/h3-10,12-13H,1,11H2,2H3,(H2,20,22,26)/b21-13-. The highest BCUT2D eigenvalue weighted by Crippen LogP contribution is 2.28. The van der Waals surface area contributed by atoms with Crippen molar-refractivity contribution in [2.75, 3.05) is 13.7 Å². The predicted molar refractivity (Wildman–Crippen MR) is 106 cm³/mol. The van der Waals surface area contributed by atoms with Crippen LogP contribution in [0.1, 0.15) is 15.9 Å². The predicted octanol–water partition coefficient (Wildman–Crippen LogP) is 2.90. The molecule has 2 aromatic carbocycles. The largest absolute Gasteiger partial charge is 0.493 e. The molecule has 0 aliphatic heterocycles. The molecule has 6 nitrogen and oxygen atoms in total. The molecule has 0 radical (unpaired) electrons. The average molecular weight is 369 g/mol. The van der Waals surface area contributed by atoms with Crippen molar-refractivity contribution >= 4 is 29.5 Å². The van der Waals surface area contributed by atoms with Crippen LogP contribution in [-0.4, -0.2) is 31.0 Å². The maximum Gasteiger partial charge on any atom is 0.343 e. The van der Waals surface area contributed by atoms with E-state index in [1.165, 1.54) is 7.11 Å². The summed E-state index contributed by atoms with van der Waals surface area (Å²) in [5.41, 5.74) is 3.90. The van der Waals surface area contributed by atoms with Gasteiger partial charge in [0.25, 0.3) is 0 Å². The Morgan fingerprint density at radius 3 is 2.69 bits per heavy atom. The van der Waals surface area contributed by atoms with Gasteiger partial charge in [0.1, 0.15) is 0 Å². The molecule has 134 valence electrons. The summed E-state index contributed by atoms with van der Waals surface area (Å²) in [6.45, 7) is 4.14. The Bertz CT molecular complexity index is 807. The summed E-state index contributed by atoms with van der Waals surface area (Å²) in [5.74, 6) is 0.297. The van der Waals surface area contributed by atoms with Gasteiger partial charge in [0.05, 0.1) is 18.9 Å². The fourth-order valence-corrected chi connectivity index (χ4v) is 2.09. The third kappa shape index (κ3) is 5.71. The van der Waals surface area contributed by atoms with Crippen molar-refractivity contribution in [1.29, 1.82) is 0 Å². The van der Waals surface area contributed by atoms with Crippen LogP contribution in [0.15, 0.2) is 66.3 Å². The molecule has 0 unspecified atom stereocenters. The van der Waals surface area contributed by atoms with Crippen LogP contribution in [0.5, 0.6) is 11.5 Å². The molecule has 0 aliphatic rings. The van der Waals surface area contributed by atoms with Crippen LogP contribution in [0.25, 0.3) is 0 Å². The van der Waals surface area contributed by atoms with Crippen LogP contribution < -0.4 is 20.2 Å². The van der Waals surface area contributed by atoms with Crippen molar-refractivity contribution in [3.05, 3.63) is 72.3 Å². The van der Waals surface area contributed by atoms with Gasteiger partial charge in [0.2, 0.25) is 0 Å². The smallest absolute Gasteiger partial charge is 0.343 e. The summed E-state index contributed by atoms with van der Waals surface area (Å²) in [6.07, 6.45) is 3.27. The molecule has 0 saturated heterocycles. The van der Waals surface area contributed by atoms with Crippen molar-refractivity contribution in [2.24, 2.45) is 5.10 Å². The maximum atomic E-state index is 12.2. The lowest BCUT2D eigenvalue weighted by atomic mass is 10.2. The Kier molecular flexibility index (Phi) is 7.32. The van der Waals surface area contributed by atoms with Gasteiger partial charge in [-0.15, -0.1) is 6.58 Å². The SMILES string of the molecule is C=CCNC(=S)N/N=C\c1ccc(OC(=O)c2ccccc2)c(OC)c1. The molecule has 0 fully saturated rings. The van der Waals surface area contributed by atoms with Crippen molar-refractivity contribution in [1.82, 2.24) is 10.7 Å². The van der Waals surface area contributed by atoms with Gasteiger partial charge < -0.3 is 14.8 Å². The molecule has 0 bridgehead atoms. The van der Waals surface area contributed by atoms with Crippen molar-refractivity contribution < 1.29 is 14.3 Å². The second-order valence-electron chi connectivity index (χ2n) is 5.03. The molecule has 0 saturated carbocycles. The number of carbonyl (C=O) groups excluding carboxylic acids is 1. The van der Waals surface area contributed by atoms with Crippen molar-refractivity contribution in [3.8, 4) is 11.5 Å². The summed E-state index contributed by atoms with van der Waals surface area (Å²) in [7, 11) is 1.50. The first-order valence-electron chi connectivity index (χ1n) is 7.77. The van der Waals surface area contributed by atoms with E-state index in [2.05, 4.69) is 22.4 Å². The number of benzene rings is 2. The second-order valence-corrected chi connectivity index (χ2v) is 5.44. The van der Waals surface area contributed by atoms with E-state index in [4.69, 9.17) is 21.7 Å². The summed E-state index contributed by atoms with van der Waals surface area (Å²) in [5, 5.41) is 7.32. The van der Waals surface area contributed by atoms with Gasteiger partial charge in [-0.2, -0.15) is 5.10 Å². The number of ether oxygens (including phenoxy) is 2. The lowest BCUT2D eigenvalue weighted by Crippen LogP contribution is -2.31. The summed E-state index contributed by atoms with van der Waals surface area (Å²) in [4.78, 5) is 12.2. The van der Waals surface area contributed by atoms with E-state index in [1.54, 1.807) is 54.8 Å². The molecule has 2 rings (SSSR count). The Morgan fingerprint density at radius 2 is 2.00 bits per heavy atom. The highest BCUT2D eigenvalue weighted by atomic mass is 32.1. The van der Waals surface area contributed by atoms with Gasteiger partial charge in [-0.3, -0.25) is 5.43 Å². The van der Waals surface area contributed by atoms with Crippen LogP contribution in [0.4, 0.5) is 0 Å². The van der Waals surface area contributed by atoms with Gasteiger partial charge in [-0.25, -0.2) is 4.79 Å². The minimum atomic E-state index is -0.453. The molecule has 0 atom stereocenters. The number of esters is 1. The van der Waals surface area contributed by atoms with E-state index in [1.807, 2.05) is 6.07 Å². The van der Waals surface area contributed by atoms with Crippen LogP contribution in [0, 0.1) is 0 Å². The third-order valence-corrected chi connectivity index (χ3v) is 3.42. The molecule has 26 heavy (non-hydrogen) atoms. The zero-order valence-electron chi connectivity index (χ0n) is 14.3. The first kappa shape index (κ1) is 19.1. The van der Waals surface area contributed by atoms with Crippen molar-refractivity contribution in [3.63, 3.8) is 0 Å². The maximum absolute atomic E-state index is 12.2. The first-order valence-corrected chi connectivity index (χ1v) is 8.18. The molecule has 0 heterocycles. The minimum Gasteiger partial charge on any atom is -0.493 e. The number of methoxy groups -OCH3 is 1. The van der Waals surface area contributed by atoms with Crippen LogP contribution in [-0.2, 0) is 0 Å². The van der Waals surface area contributed by atoms with E-state index in [0.717, 1.165) is 5.56 Å². The molecule has 0 spiro atoms. The third-order valence-electron chi connectivity index (χ3n) is 3.19. The molecule has 0 aliphatic carbocycles. The van der Waals surface area contributed by atoms with Gasteiger partial charge in [-0.1, -0.05) is 24.3 Å². The lowest BCUT2D eigenvalue weighted by molar-refractivity contribution is 0.0729. The molecule has 2 aromatic rings. The number of nitrogens with one attached hydrogen (secondary N) is 2. The first-order chi connectivity index (χ1) is 12.6. The topological polar surface area (TPSA) is 72.0 Å². The van der Waals surface area contributed by atoms with E-state index in [0.29, 0.717) is 28.7 Å². The Hall–Kier alpha value is -3.19. The van der Waals surface area contributed by atoms with E-state index >= 15 is 0 Å². The number of hydrogen-bond donors (Lipinski definition) is 2. The Labute approximate surface area is 157 Å². The summed E-state index contributed by atoms with van der Waals surface area (Å²) in [6, 6.07) is 13.9. The second kappa shape index (κ2) is 9.95. The number of carbonyl (C=O) groups is 1. The Morgan fingerprint density at radius 1 is 1.23 bits per heavy atom. The molecule has 0 aromatic heterocycles. The molecular weight excluding hydrogens is 350 g/mol. The van der Waals surface area contributed by atoms with E-state index in [-0.39, 0.29) is 0 Å². The fraction of sp³-hybridized carbons (Fsp3) is 0.105. The van der Waals surface area contributed by atoms with Gasteiger partial charge >= 0.3 is 5.97 Å². The molecule has 7 heteroatoms. The van der Waals surface area contributed by atoms with Crippen LogP contribution in [0.3, 0.4) is 0 Å². The van der Waals surface area contributed by atoms with Gasteiger partial charge in [0, 0.05) is 6.54 Å². The normalized spacial score (nSPS) is 10.2. The highest BCUT2D eigenvalue weighted by Gasteiger charge is 2.12. The molecule has 2 N–H and O–H groups in total. The lowest BCUT2D eigenvalue weighted by Gasteiger charge is -2.10. The molecule has 0 amide bonds. The van der Waals surface area contributed by atoms with Crippen molar-refractivity contribution in [2.45, 2.75) is 0 Å². The van der Waals surface area contributed by atoms with E-state index in [9.17, 15) is 4.79 Å². The molecular formula is C19H19N3O3S. The quantitative estimate of drug-likeness (QED) is 0.195. The number of rotatable bonds is 7.